The number of benzene rings is 1. The standard InChI is InChI=1S/C12H17BrO4/c1-2-16-11-7-9(8-15)6-10(13)12(11)17-5-3-4-14/h6-7,14-15H,2-5,8H2,1H3. The van der Waals surface area contributed by atoms with Gasteiger partial charge in [0.1, 0.15) is 0 Å². The van der Waals surface area contributed by atoms with Gasteiger partial charge in [0, 0.05) is 13.0 Å². The topological polar surface area (TPSA) is 58.9 Å². The van der Waals surface area contributed by atoms with Gasteiger partial charge in [-0.15, -0.1) is 0 Å². The van der Waals surface area contributed by atoms with Gasteiger partial charge in [-0.2, -0.15) is 0 Å². The summed E-state index contributed by atoms with van der Waals surface area (Å²) in [6.45, 7) is 2.88. The molecule has 0 atom stereocenters. The second-order valence-corrected chi connectivity index (χ2v) is 4.28. The van der Waals surface area contributed by atoms with E-state index in [1.807, 2.05) is 6.92 Å². The van der Waals surface area contributed by atoms with E-state index >= 15 is 0 Å². The van der Waals surface area contributed by atoms with E-state index in [1.165, 1.54) is 0 Å². The van der Waals surface area contributed by atoms with Gasteiger partial charge in [-0.1, -0.05) is 0 Å². The van der Waals surface area contributed by atoms with Crippen molar-refractivity contribution in [3.05, 3.63) is 22.2 Å². The van der Waals surface area contributed by atoms with Gasteiger partial charge in [-0.05, 0) is 40.5 Å². The highest BCUT2D eigenvalue weighted by atomic mass is 79.9. The van der Waals surface area contributed by atoms with Crippen LogP contribution in [0.15, 0.2) is 16.6 Å². The van der Waals surface area contributed by atoms with Crippen LogP contribution in [-0.4, -0.2) is 30.0 Å². The molecule has 4 nitrogen and oxygen atoms in total. The van der Waals surface area contributed by atoms with E-state index in [0.717, 1.165) is 10.0 Å². The van der Waals surface area contributed by atoms with E-state index in [4.69, 9.17) is 19.7 Å². The lowest BCUT2D eigenvalue weighted by Gasteiger charge is -2.14. The predicted molar refractivity (Wildman–Crippen MR) is 68.4 cm³/mol. The summed E-state index contributed by atoms with van der Waals surface area (Å²) in [5.41, 5.74) is 0.759. The summed E-state index contributed by atoms with van der Waals surface area (Å²) in [6, 6.07) is 3.54. The zero-order valence-corrected chi connectivity index (χ0v) is 11.4. The maximum Gasteiger partial charge on any atom is 0.175 e. The number of aliphatic hydroxyl groups excluding tert-OH is 2. The molecular weight excluding hydrogens is 288 g/mol. The molecule has 0 unspecified atom stereocenters. The van der Waals surface area contributed by atoms with Crippen LogP contribution in [0.4, 0.5) is 0 Å². The van der Waals surface area contributed by atoms with E-state index < -0.39 is 0 Å². The Morgan fingerprint density at radius 2 is 2.00 bits per heavy atom. The molecule has 0 aromatic heterocycles. The lowest BCUT2D eigenvalue weighted by atomic mass is 10.2. The normalized spacial score (nSPS) is 10.4. The lowest BCUT2D eigenvalue weighted by Crippen LogP contribution is -2.04. The van der Waals surface area contributed by atoms with Crippen molar-refractivity contribution >= 4 is 15.9 Å². The Labute approximate surface area is 109 Å². The Kier molecular flexibility index (Phi) is 6.32. The third kappa shape index (κ3) is 4.18. The minimum Gasteiger partial charge on any atom is -0.490 e. The van der Waals surface area contributed by atoms with Crippen LogP contribution in [0.2, 0.25) is 0 Å². The minimum atomic E-state index is -0.0460. The summed E-state index contributed by atoms with van der Waals surface area (Å²) in [7, 11) is 0. The smallest absolute Gasteiger partial charge is 0.175 e. The van der Waals surface area contributed by atoms with Crippen LogP contribution >= 0.6 is 15.9 Å². The Balaban J connectivity index is 2.90. The van der Waals surface area contributed by atoms with Crippen LogP contribution in [-0.2, 0) is 6.61 Å². The molecule has 0 fully saturated rings. The summed E-state index contributed by atoms with van der Waals surface area (Å²) in [6.07, 6.45) is 0.569. The maximum atomic E-state index is 9.11. The molecule has 0 aliphatic carbocycles. The van der Waals surface area contributed by atoms with Crippen molar-refractivity contribution in [1.29, 1.82) is 0 Å². The van der Waals surface area contributed by atoms with E-state index in [-0.39, 0.29) is 13.2 Å². The highest BCUT2D eigenvalue weighted by Gasteiger charge is 2.11. The van der Waals surface area contributed by atoms with Gasteiger partial charge in [0.2, 0.25) is 0 Å². The van der Waals surface area contributed by atoms with Crippen molar-refractivity contribution in [2.75, 3.05) is 19.8 Å². The van der Waals surface area contributed by atoms with Crippen molar-refractivity contribution < 1.29 is 19.7 Å². The SMILES string of the molecule is CCOc1cc(CO)cc(Br)c1OCCCO. The minimum absolute atomic E-state index is 0.0460. The van der Waals surface area contributed by atoms with Crippen LogP contribution in [0.3, 0.4) is 0 Å². The summed E-state index contributed by atoms with van der Waals surface area (Å²) < 4.78 is 11.8. The zero-order valence-electron chi connectivity index (χ0n) is 9.78. The number of hydrogen-bond donors (Lipinski definition) is 2. The predicted octanol–water partition coefficient (Wildman–Crippen LogP) is 2.10. The molecule has 0 spiro atoms. The van der Waals surface area contributed by atoms with Crippen molar-refractivity contribution in [2.45, 2.75) is 20.0 Å². The Hall–Kier alpha value is -0.780. The number of hydrogen-bond acceptors (Lipinski definition) is 4. The highest BCUT2D eigenvalue weighted by Crippen LogP contribution is 2.37. The molecular formula is C12H17BrO4. The van der Waals surface area contributed by atoms with E-state index in [0.29, 0.717) is 31.1 Å². The first-order valence-corrected chi connectivity index (χ1v) is 6.32. The van der Waals surface area contributed by atoms with Crippen molar-refractivity contribution in [3.8, 4) is 11.5 Å². The highest BCUT2D eigenvalue weighted by molar-refractivity contribution is 9.10. The van der Waals surface area contributed by atoms with E-state index in [9.17, 15) is 0 Å². The van der Waals surface area contributed by atoms with Gasteiger partial charge >= 0.3 is 0 Å². The molecule has 96 valence electrons. The number of rotatable bonds is 7. The van der Waals surface area contributed by atoms with Crippen LogP contribution in [0.25, 0.3) is 0 Å². The molecule has 5 heteroatoms. The third-order valence-corrected chi connectivity index (χ3v) is 2.69. The quantitative estimate of drug-likeness (QED) is 0.758. The molecule has 0 radical (unpaired) electrons. The number of halogens is 1. The molecule has 0 heterocycles. The van der Waals surface area contributed by atoms with Crippen LogP contribution in [0.1, 0.15) is 18.9 Å². The number of ether oxygens (including phenoxy) is 2. The second-order valence-electron chi connectivity index (χ2n) is 3.42. The molecule has 1 aromatic rings. The van der Waals surface area contributed by atoms with Crippen LogP contribution in [0, 0.1) is 0 Å². The molecule has 0 bridgehead atoms. The Morgan fingerprint density at radius 3 is 2.59 bits per heavy atom. The van der Waals surface area contributed by atoms with Crippen molar-refractivity contribution in [3.63, 3.8) is 0 Å². The summed E-state index contributed by atoms with van der Waals surface area (Å²) in [5.74, 6) is 1.21. The first-order valence-electron chi connectivity index (χ1n) is 5.52. The first-order chi connectivity index (χ1) is 8.22. The van der Waals surface area contributed by atoms with Gasteiger partial charge in [-0.25, -0.2) is 0 Å². The van der Waals surface area contributed by atoms with Crippen molar-refractivity contribution in [1.82, 2.24) is 0 Å². The summed E-state index contributed by atoms with van der Waals surface area (Å²) in [5, 5.41) is 17.8. The molecule has 1 aromatic carbocycles. The monoisotopic (exact) mass is 304 g/mol. The number of aliphatic hydroxyl groups is 2. The first kappa shape index (κ1) is 14.3. The fourth-order valence-electron chi connectivity index (χ4n) is 1.35. The van der Waals surface area contributed by atoms with Gasteiger partial charge < -0.3 is 19.7 Å². The van der Waals surface area contributed by atoms with Gasteiger partial charge in [0.15, 0.2) is 11.5 Å². The average molecular weight is 305 g/mol. The van der Waals surface area contributed by atoms with E-state index in [2.05, 4.69) is 15.9 Å². The fourth-order valence-corrected chi connectivity index (χ4v) is 1.96. The summed E-state index contributed by atoms with van der Waals surface area (Å²) >= 11 is 3.38. The molecule has 0 saturated carbocycles. The third-order valence-electron chi connectivity index (χ3n) is 2.10. The molecule has 1 rings (SSSR count). The summed E-state index contributed by atoms with van der Waals surface area (Å²) in [4.78, 5) is 0. The maximum absolute atomic E-state index is 9.11. The van der Waals surface area contributed by atoms with Gasteiger partial charge in [-0.3, -0.25) is 0 Å². The van der Waals surface area contributed by atoms with Crippen LogP contribution < -0.4 is 9.47 Å². The zero-order chi connectivity index (χ0) is 12.7. The lowest BCUT2D eigenvalue weighted by molar-refractivity contribution is 0.223. The molecule has 0 aliphatic heterocycles. The fraction of sp³-hybridized carbons (Fsp3) is 0.500. The molecule has 0 aliphatic rings. The second kappa shape index (κ2) is 7.53. The van der Waals surface area contributed by atoms with E-state index in [1.54, 1.807) is 12.1 Å². The van der Waals surface area contributed by atoms with Crippen molar-refractivity contribution in [2.24, 2.45) is 0 Å². The molecule has 2 N–H and O–H groups in total. The molecule has 17 heavy (non-hydrogen) atoms. The van der Waals surface area contributed by atoms with Gasteiger partial charge in [0.25, 0.3) is 0 Å². The average Bonchev–Trinajstić information content (AvgIpc) is 2.32. The molecule has 0 saturated heterocycles. The van der Waals surface area contributed by atoms with Gasteiger partial charge in [0.05, 0.1) is 24.3 Å². The Bertz CT molecular complexity index is 355. The molecule has 0 amide bonds. The largest absolute Gasteiger partial charge is 0.490 e. The van der Waals surface area contributed by atoms with Crippen LogP contribution in [0.5, 0.6) is 11.5 Å². The Morgan fingerprint density at radius 1 is 1.24 bits per heavy atom.